The van der Waals surface area contributed by atoms with Crippen molar-refractivity contribution in [1.29, 1.82) is 0 Å². The predicted molar refractivity (Wildman–Crippen MR) is 133 cm³/mol. The molecule has 3 aromatic carbocycles. The molecule has 4 aromatic rings. The highest BCUT2D eigenvalue weighted by Crippen LogP contribution is 2.22. The molecule has 8 nitrogen and oxygen atoms in total. The van der Waals surface area contributed by atoms with E-state index in [1.165, 1.54) is 6.33 Å². The molecule has 4 N–H and O–H groups in total. The van der Waals surface area contributed by atoms with Crippen LogP contribution in [0.4, 0.5) is 10.5 Å². The summed E-state index contributed by atoms with van der Waals surface area (Å²) in [6.07, 6.45) is 4.17. The molecule has 2 amide bonds. The highest BCUT2D eigenvalue weighted by atomic mass is 16.5. The first-order valence-electron chi connectivity index (χ1n) is 11.0. The van der Waals surface area contributed by atoms with Crippen molar-refractivity contribution in [3.63, 3.8) is 0 Å². The summed E-state index contributed by atoms with van der Waals surface area (Å²) < 4.78 is 5.35. The van der Waals surface area contributed by atoms with Crippen LogP contribution in [0.15, 0.2) is 97.6 Å². The Hall–Kier alpha value is -4.56. The fraction of sp³-hybridized carbons (Fsp3) is 0.111. The zero-order chi connectivity index (χ0) is 24.5. The predicted octanol–water partition coefficient (Wildman–Crippen LogP) is 4.21. The number of alkyl carbamates (subject to hydrolysis) is 1. The summed E-state index contributed by atoms with van der Waals surface area (Å²) in [5, 5.41) is 5.54. The number of hydrogen-bond donors (Lipinski definition) is 3. The molecule has 0 bridgehead atoms. The van der Waals surface area contributed by atoms with Crippen molar-refractivity contribution >= 4 is 17.7 Å². The standard InChI is InChI=1S/C27H25N5O3/c28-14-20-7-4-8-24(13-20)31-26(33)25(32-27(34)35-17-19-5-2-1-3-6-19)22-11-9-21(10-12-22)23-15-29-18-30-16-23/h1-13,15-16,18,25H,14,17,28H2,(H,31,33)(H,32,34)/t25-/m0/s1. The van der Waals surface area contributed by atoms with E-state index in [9.17, 15) is 9.59 Å². The molecule has 0 aliphatic rings. The Balaban J connectivity index is 1.53. The lowest BCUT2D eigenvalue weighted by atomic mass is 10.0. The van der Waals surface area contributed by atoms with Crippen LogP contribution < -0.4 is 16.4 Å². The number of nitrogens with one attached hydrogen (secondary N) is 2. The van der Waals surface area contributed by atoms with Gasteiger partial charge in [-0.25, -0.2) is 14.8 Å². The number of nitrogens with zero attached hydrogens (tertiary/aromatic N) is 2. The Morgan fingerprint density at radius 1 is 0.857 bits per heavy atom. The third-order valence-electron chi connectivity index (χ3n) is 5.31. The van der Waals surface area contributed by atoms with Crippen LogP contribution in [0, 0.1) is 0 Å². The number of carbonyl (C=O) groups excluding carboxylic acids is 2. The topological polar surface area (TPSA) is 119 Å². The van der Waals surface area contributed by atoms with Gasteiger partial charge in [0.05, 0.1) is 0 Å². The Kier molecular flexibility index (Phi) is 7.77. The molecule has 0 unspecified atom stereocenters. The summed E-state index contributed by atoms with van der Waals surface area (Å²) in [4.78, 5) is 33.9. The molecule has 0 spiro atoms. The van der Waals surface area contributed by atoms with Crippen molar-refractivity contribution in [2.45, 2.75) is 19.2 Å². The minimum atomic E-state index is -0.985. The molecule has 8 heteroatoms. The minimum absolute atomic E-state index is 0.0898. The summed E-state index contributed by atoms with van der Waals surface area (Å²) in [6.45, 7) is 0.439. The average molecular weight is 468 g/mol. The number of benzene rings is 3. The first-order chi connectivity index (χ1) is 17.1. The van der Waals surface area contributed by atoms with E-state index in [1.54, 1.807) is 36.7 Å². The number of nitrogens with two attached hydrogens (primary N) is 1. The van der Waals surface area contributed by atoms with Gasteiger partial charge in [-0.05, 0) is 34.4 Å². The second-order valence-electron chi connectivity index (χ2n) is 7.78. The van der Waals surface area contributed by atoms with Crippen LogP contribution in [0.3, 0.4) is 0 Å². The molecule has 0 saturated carbocycles. The summed E-state index contributed by atoms with van der Waals surface area (Å²) in [6, 6.07) is 22.8. The third kappa shape index (κ3) is 6.49. The van der Waals surface area contributed by atoms with Gasteiger partial charge in [0.1, 0.15) is 19.0 Å². The number of carbonyl (C=O) groups is 2. The highest BCUT2D eigenvalue weighted by molar-refractivity contribution is 5.97. The Morgan fingerprint density at radius 2 is 1.57 bits per heavy atom. The van der Waals surface area contributed by atoms with Crippen molar-refractivity contribution in [2.24, 2.45) is 5.73 Å². The van der Waals surface area contributed by atoms with Gasteiger partial charge in [-0.15, -0.1) is 0 Å². The monoisotopic (exact) mass is 467 g/mol. The van der Waals surface area contributed by atoms with Gasteiger partial charge < -0.3 is 21.1 Å². The lowest BCUT2D eigenvalue weighted by Crippen LogP contribution is -2.37. The molecule has 1 aromatic heterocycles. The lowest BCUT2D eigenvalue weighted by molar-refractivity contribution is -0.118. The normalized spacial score (nSPS) is 11.3. The van der Waals surface area contributed by atoms with Gasteiger partial charge in [0.25, 0.3) is 5.91 Å². The van der Waals surface area contributed by atoms with Crippen LogP contribution in [-0.2, 0) is 22.7 Å². The van der Waals surface area contributed by atoms with E-state index in [0.29, 0.717) is 17.8 Å². The van der Waals surface area contributed by atoms with Crippen molar-refractivity contribution in [1.82, 2.24) is 15.3 Å². The van der Waals surface area contributed by atoms with Gasteiger partial charge >= 0.3 is 6.09 Å². The molecule has 4 rings (SSSR count). The van der Waals surface area contributed by atoms with Gasteiger partial charge in [0.15, 0.2) is 0 Å². The fourth-order valence-electron chi connectivity index (χ4n) is 3.49. The number of hydrogen-bond acceptors (Lipinski definition) is 6. The molecule has 0 saturated heterocycles. The maximum atomic E-state index is 13.2. The molecule has 35 heavy (non-hydrogen) atoms. The quantitative estimate of drug-likeness (QED) is 0.357. The highest BCUT2D eigenvalue weighted by Gasteiger charge is 2.24. The van der Waals surface area contributed by atoms with E-state index in [4.69, 9.17) is 10.5 Å². The van der Waals surface area contributed by atoms with Crippen LogP contribution in [0.25, 0.3) is 11.1 Å². The average Bonchev–Trinajstić information content (AvgIpc) is 2.92. The Morgan fingerprint density at radius 3 is 2.29 bits per heavy atom. The summed E-state index contributed by atoms with van der Waals surface area (Å²) in [7, 11) is 0. The third-order valence-corrected chi connectivity index (χ3v) is 5.31. The summed E-state index contributed by atoms with van der Waals surface area (Å²) in [5.74, 6) is -0.411. The maximum Gasteiger partial charge on any atom is 0.408 e. The van der Waals surface area contributed by atoms with Gasteiger partial charge in [-0.2, -0.15) is 0 Å². The van der Waals surface area contributed by atoms with Crippen LogP contribution in [0.2, 0.25) is 0 Å². The molecule has 0 fully saturated rings. The molecule has 1 heterocycles. The van der Waals surface area contributed by atoms with Crippen LogP contribution in [-0.4, -0.2) is 22.0 Å². The molecular weight excluding hydrogens is 442 g/mol. The molecule has 1 atom stereocenters. The van der Waals surface area contributed by atoms with E-state index >= 15 is 0 Å². The van der Waals surface area contributed by atoms with Crippen molar-refractivity contribution in [2.75, 3.05) is 5.32 Å². The zero-order valence-corrected chi connectivity index (χ0v) is 18.9. The van der Waals surface area contributed by atoms with Crippen LogP contribution in [0.5, 0.6) is 0 Å². The summed E-state index contributed by atoms with van der Waals surface area (Å²) >= 11 is 0. The van der Waals surface area contributed by atoms with Gasteiger partial charge in [0, 0.05) is 30.2 Å². The fourth-order valence-corrected chi connectivity index (χ4v) is 3.49. The number of anilines is 1. The zero-order valence-electron chi connectivity index (χ0n) is 18.9. The minimum Gasteiger partial charge on any atom is -0.445 e. The Bertz CT molecular complexity index is 1270. The van der Waals surface area contributed by atoms with E-state index in [-0.39, 0.29) is 6.61 Å². The molecule has 0 radical (unpaired) electrons. The second-order valence-corrected chi connectivity index (χ2v) is 7.78. The van der Waals surface area contributed by atoms with Crippen molar-refractivity contribution in [3.05, 3.63) is 114 Å². The molecule has 0 aliphatic heterocycles. The number of ether oxygens (including phenoxy) is 1. The number of amides is 2. The van der Waals surface area contributed by atoms with E-state index in [0.717, 1.165) is 22.3 Å². The van der Waals surface area contributed by atoms with Gasteiger partial charge in [0.2, 0.25) is 0 Å². The number of aromatic nitrogens is 2. The van der Waals surface area contributed by atoms with Crippen molar-refractivity contribution in [3.8, 4) is 11.1 Å². The maximum absolute atomic E-state index is 13.2. The Labute approximate surface area is 203 Å². The van der Waals surface area contributed by atoms with Crippen molar-refractivity contribution < 1.29 is 14.3 Å². The SMILES string of the molecule is NCc1cccc(NC(=O)[C@@H](NC(=O)OCc2ccccc2)c2ccc(-c3cncnc3)cc2)c1. The van der Waals surface area contributed by atoms with Crippen LogP contribution in [0.1, 0.15) is 22.7 Å². The smallest absolute Gasteiger partial charge is 0.408 e. The van der Waals surface area contributed by atoms with E-state index in [2.05, 4.69) is 20.6 Å². The first kappa shape index (κ1) is 23.6. The number of rotatable bonds is 8. The first-order valence-corrected chi connectivity index (χ1v) is 11.0. The van der Waals surface area contributed by atoms with Gasteiger partial charge in [-0.1, -0.05) is 66.7 Å². The summed E-state index contributed by atoms with van der Waals surface area (Å²) in [5.41, 5.74) is 10.3. The van der Waals surface area contributed by atoms with Crippen LogP contribution >= 0.6 is 0 Å². The second kappa shape index (κ2) is 11.5. The lowest BCUT2D eigenvalue weighted by Gasteiger charge is -2.19. The molecule has 0 aliphatic carbocycles. The molecule has 176 valence electrons. The van der Waals surface area contributed by atoms with Gasteiger partial charge in [-0.3, -0.25) is 4.79 Å². The molecular formula is C27H25N5O3. The van der Waals surface area contributed by atoms with E-state index < -0.39 is 18.0 Å². The van der Waals surface area contributed by atoms with E-state index in [1.807, 2.05) is 54.6 Å². The largest absolute Gasteiger partial charge is 0.445 e.